The van der Waals surface area contributed by atoms with Crippen molar-refractivity contribution in [2.45, 2.75) is 18.9 Å². The van der Waals surface area contributed by atoms with E-state index in [2.05, 4.69) is 15.5 Å². The van der Waals surface area contributed by atoms with Crippen molar-refractivity contribution >= 4 is 5.82 Å². The summed E-state index contributed by atoms with van der Waals surface area (Å²) in [5.41, 5.74) is 9.28. The summed E-state index contributed by atoms with van der Waals surface area (Å²) in [6.07, 6.45) is 0.631. The van der Waals surface area contributed by atoms with Gasteiger partial charge in [0.25, 0.3) is 0 Å². The van der Waals surface area contributed by atoms with Gasteiger partial charge in [0.05, 0.1) is 5.69 Å². The summed E-state index contributed by atoms with van der Waals surface area (Å²) in [6, 6.07) is 13.4. The van der Waals surface area contributed by atoms with E-state index in [0.29, 0.717) is 31.0 Å². The van der Waals surface area contributed by atoms with Gasteiger partial charge in [-0.3, -0.25) is 0 Å². The van der Waals surface area contributed by atoms with E-state index in [1.54, 1.807) is 6.07 Å². The van der Waals surface area contributed by atoms with Gasteiger partial charge in [-0.2, -0.15) is 0 Å². The maximum atomic E-state index is 14.4. The zero-order valence-corrected chi connectivity index (χ0v) is 14.0. The van der Waals surface area contributed by atoms with E-state index >= 15 is 0 Å². The summed E-state index contributed by atoms with van der Waals surface area (Å²) in [4.78, 5) is 0. The minimum atomic E-state index is -0.503. The van der Waals surface area contributed by atoms with Gasteiger partial charge in [0.1, 0.15) is 17.5 Å². The SMILES string of the molecule is Nc1ccc(-c2ccc3c(c2)CNCCC3c2c(F)cccc2F)nn1. The second-order valence-electron chi connectivity index (χ2n) is 6.41. The Kier molecular flexibility index (Phi) is 4.34. The molecule has 1 unspecified atom stereocenters. The number of halogens is 2. The molecule has 0 saturated carbocycles. The van der Waals surface area contributed by atoms with Crippen molar-refractivity contribution in [2.75, 3.05) is 12.3 Å². The van der Waals surface area contributed by atoms with Gasteiger partial charge in [-0.05, 0) is 54.4 Å². The predicted molar refractivity (Wildman–Crippen MR) is 96.4 cm³/mol. The monoisotopic (exact) mass is 352 g/mol. The molecule has 1 atom stereocenters. The molecular weight excluding hydrogens is 334 g/mol. The van der Waals surface area contributed by atoms with E-state index in [-0.39, 0.29) is 11.5 Å². The number of rotatable bonds is 2. The van der Waals surface area contributed by atoms with Crippen LogP contribution >= 0.6 is 0 Å². The maximum absolute atomic E-state index is 14.4. The average molecular weight is 352 g/mol. The van der Waals surface area contributed by atoms with Crippen LogP contribution in [0.15, 0.2) is 48.5 Å². The number of nitrogens with two attached hydrogens (primary N) is 1. The van der Waals surface area contributed by atoms with Crippen LogP contribution in [-0.2, 0) is 6.54 Å². The van der Waals surface area contributed by atoms with Gasteiger partial charge in [-0.15, -0.1) is 10.2 Å². The maximum Gasteiger partial charge on any atom is 0.146 e. The van der Waals surface area contributed by atoms with Gasteiger partial charge in [0, 0.05) is 23.6 Å². The lowest BCUT2D eigenvalue weighted by Gasteiger charge is -2.19. The minimum absolute atomic E-state index is 0.137. The Bertz CT molecular complexity index is 921. The van der Waals surface area contributed by atoms with Crippen molar-refractivity contribution in [3.05, 3.63) is 76.9 Å². The smallest absolute Gasteiger partial charge is 0.146 e. The highest BCUT2D eigenvalue weighted by Gasteiger charge is 2.26. The van der Waals surface area contributed by atoms with Gasteiger partial charge in [-0.25, -0.2) is 8.78 Å². The highest BCUT2D eigenvalue weighted by Crippen LogP contribution is 2.36. The molecule has 0 aliphatic carbocycles. The number of nitrogens with one attached hydrogen (secondary N) is 1. The van der Waals surface area contributed by atoms with Gasteiger partial charge in [-0.1, -0.05) is 18.2 Å². The van der Waals surface area contributed by atoms with Crippen molar-refractivity contribution in [3.8, 4) is 11.3 Å². The first kappa shape index (κ1) is 16.6. The number of nitrogen functional groups attached to an aromatic ring is 1. The number of anilines is 1. The largest absolute Gasteiger partial charge is 0.382 e. The summed E-state index contributed by atoms with van der Waals surface area (Å²) < 4.78 is 28.7. The molecule has 0 amide bonds. The highest BCUT2D eigenvalue weighted by atomic mass is 19.1. The van der Waals surface area contributed by atoms with Crippen LogP contribution in [0.3, 0.4) is 0 Å². The lowest BCUT2D eigenvalue weighted by Crippen LogP contribution is -2.13. The molecule has 4 rings (SSSR count). The standard InChI is InChI=1S/C20H18F2N4/c21-16-2-1-3-17(22)20(16)15-8-9-24-11-13-10-12(4-5-14(13)15)18-6-7-19(23)26-25-18/h1-7,10,15,24H,8-9,11H2,(H2,23,26). The van der Waals surface area contributed by atoms with Crippen molar-refractivity contribution in [2.24, 2.45) is 0 Å². The number of aromatic nitrogens is 2. The van der Waals surface area contributed by atoms with E-state index in [1.807, 2.05) is 24.3 Å². The Balaban J connectivity index is 1.80. The molecule has 26 heavy (non-hydrogen) atoms. The van der Waals surface area contributed by atoms with Crippen molar-refractivity contribution in [1.29, 1.82) is 0 Å². The summed E-state index contributed by atoms with van der Waals surface area (Å²) in [5, 5.41) is 11.3. The molecule has 0 fully saturated rings. The third-order valence-corrected chi connectivity index (χ3v) is 4.77. The fraction of sp³-hybridized carbons (Fsp3) is 0.200. The second-order valence-corrected chi connectivity index (χ2v) is 6.41. The Labute approximate surface area is 150 Å². The van der Waals surface area contributed by atoms with E-state index in [4.69, 9.17) is 5.73 Å². The molecule has 2 aromatic carbocycles. The van der Waals surface area contributed by atoms with E-state index in [1.165, 1.54) is 18.2 Å². The van der Waals surface area contributed by atoms with E-state index < -0.39 is 11.6 Å². The summed E-state index contributed by atoms with van der Waals surface area (Å²) in [6.45, 7) is 1.32. The van der Waals surface area contributed by atoms with Gasteiger partial charge >= 0.3 is 0 Å². The highest BCUT2D eigenvalue weighted by molar-refractivity contribution is 5.62. The molecular formula is C20H18F2N4. The van der Waals surface area contributed by atoms with Crippen molar-refractivity contribution < 1.29 is 8.78 Å². The summed E-state index contributed by atoms with van der Waals surface area (Å²) in [5.74, 6) is -0.972. The first-order valence-corrected chi connectivity index (χ1v) is 8.50. The molecule has 3 N–H and O–H groups in total. The van der Waals surface area contributed by atoms with Crippen molar-refractivity contribution in [1.82, 2.24) is 15.5 Å². The topological polar surface area (TPSA) is 63.8 Å². The molecule has 0 radical (unpaired) electrons. The van der Waals surface area contributed by atoms with Gasteiger partial charge in [0.15, 0.2) is 0 Å². The second kappa shape index (κ2) is 6.80. The lowest BCUT2D eigenvalue weighted by atomic mass is 9.85. The Morgan fingerprint density at radius 1 is 1.00 bits per heavy atom. The molecule has 4 nitrogen and oxygen atoms in total. The third kappa shape index (κ3) is 3.04. The van der Waals surface area contributed by atoms with Crippen LogP contribution < -0.4 is 11.1 Å². The van der Waals surface area contributed by atoms with Gasteiger partial charge in [0.2, 0.25) is 0 Å². The minimum Gasteiger partial charge on any atom is -0.382 e. The van der Waals surface area contributed by atoms with Crippen LogP contribution in [0.25, 0.3) is 11.3 Å². The molecule has 0 spiro atoms. The number of hydrogen-bond acceptors (Lipinski definition) is 4. The van der Waals surface area contributed by atoms with Crippen LogP contribution in [0.5, 0.6) is 0 Å². The van der Waals surface area contributed by atoms with Crippen LogP contribution in [0.4, 0.5) is 14.6 Å². The van der Waals surface area contributed by atoms with Crippen LogP contribution in [0, 0.1) is 11.6 Å². The first-order chi connectivity index (χ1) is 12.6. The Hall–Kier alpha value is -2.86. The van der Waals surface area contributed by atoms with Crippen molar-refractivity contribution in [3.63, 3.8) is 0 Å². The molecule has 1 aliphatic heterocycles. The first-order valence-electron chi connectivity index (χ1n) is 8.50. The molecule has 6 heteroatoms. The number of benzene rings is 2. The van der Waals surface area contributed by atoms with Crippen LogP contribution in [0.1, 0.15) is 29.0 Å². The van der Waals surface area contributed by atoms with E-state index in [9.17, 15) is 8.78 Å². The fourth-order valence-corrected chi connectivity index (χ4v) is 3.52. The average Bonchev–Trinajstić information content (AvgIpc) is 2.84. The zero-order chi connectivity index (χ0) is 18.1. The number of fused-ring (bicyclic) bond motifs is 1. The predicted octanol–water partition coefficient (Wildman–Crippen LogP) is 3.63. The molecule has 0 saturated heterocycles. The van der Waals surface area contributed by atoms with Crippen LogP contribution in [-0.4, -0.2) is 16.7 Å². The Morgan fingerprint density at radius 3 is 2.54 bits per heavy atom. The molecule has 1 aliphatic rings. The zero-order valence-electron chi connectivity index (χ0n) is 14.0. The normalized spacial score (nSPS) is 16.8. The molecule has 3 aromatic rings. The van der Waals surface area contributed by atoms with Crippen LogP contribution in [0.2, 0.25) is 0 Å². The number of hydrogen-bond donors (Lipinski definition) is 2. The fourth-order valence-electron chi connectivity index (χ4n) is 3.52. The lowest BCUT2D eigenvalue weighted by molar-refractivity contribution is 0.528. The molecule has 2 heterocycles. The third-order valence-electron chi connectivity index (χ3n) is 4.77. The quantitative estimate of drug-likeness (QED) is 0.739. The van der Waals surface area contributed by atoms with E-state index in [0.717, 1.165) is 16.7 Å². The molecule has 132 valence electrons. The summed E-state index contributed by atoms with van der Waals surface area (Å²) >= 11 is 0. The number of nitrogens with zero attached hydrogens (tertiary/aromatic N) is 2. The molecule has 1 aromatic heterocycles. The molecule has 0 bridgehead atoms. The van der Waals surface area contributed by atoms with Gasteiger partial charge < -0.3 is 11.1 Å². The Morgan fingerprint density at radius 2 is 1.81 bits per heavy atom. The summed E-state index contributed by atoms with van der Waals surface area (Å²) in [7, 11) is 0.